The number of ether oxygens (including phenoxy) is 1. The second kappa shape index (κ2) is 11.4. The number of guanidine groups is 1. The standard InChI is InChI=1S/C24H40N4O/c1-19(2)18-29-23-10-8-20(9-11-23)12-15-26-24(25-3)27-21-13-16-28(17-14-21)22-6-4-5-7-22/h8-11,19,21-22H,4-7,12-18H2,1-3H3,(H2,25,26,27). The predicted molar refractivity (Wildman–Crippen MR) is 122 cm³/mol. The second-order valence-electron chi connectivity index (χ2n) is 8.99. The quantitative estimate of drug-likeness (QED) is 0.514. The molecule has 162 valence electrons. The molecule has 0 amide bonds. The highest BCUT2D eigenvalue weighted by Crippen LogP contribution is 2.26. The van der Waals surface area contributed by atoms with Gasteiger partial charge in [-0.3, -0.25) is 4.99 Å². The van der Waals surface area contributed by atoms with E-state index < -0.39 is 0 Å². The van der Waals surface area contributed by atoms with Gasteiger partial charge >= 0.3 is 0 Å². The van der Waals surface area contributed by atoms with Crippen LogP contribution in [0.5, 0.6) is 5.75 Å². The van der Waals surface area contributed by atoms with E-state index in [0.29, 0.717) is 12.0 Å². The summed E-state index contributed by atoms with van der Waals surface area (Å²) < 4.78 is 5.76. The lowest BCUT2D eigenvalue weighted by atomic mass is 10.0. The Hall–Kier alpha value is -1.75. The third-order valence-corrected chi connectivity index (χ3v) is 6.15. The number of hydrogen-bond donors (Lipinski definition) is 2. The van der Waals surface area contributed by atoms with Crippen LogP contribution in [-0.4, -0.2) is 56.2 Å². The van der Waals surface area contributed by atoms with E-state index in [-0.39, 0.29) is 0 Å². The van der Waals surface area contributed by atoms with Crippen molar-refractivity contribution in [2.45, 2.75) is 70.9 Å². The van der Waals surface area contributed by atoms with Gasteiger partial charge in [-0.15, -0.1) is 0 Å². The number of hydrogen-bond acceptors (Lipinski definition) is 3. The Labute approximate surface area is 177 Å². The molecule has 5 heteroatoms. The van der Waals surface area contributed by atoms with Crippen molar-refractivity contribution in [3.05, 3.63) is 29.8 Å². The zero-order valence-electron chi connectivity index (χ0n) is 18.6. The number of benzene rings is 1. The second-order valence-corrected chi connectivity index (χ2v) is 8.99. The van der Waals surface area contributed by atoms with Crippen molar-refractivity contribution in [1.82, 2.24) is 15.5 Å². The van der Waals surface area contributed by atoms with Crippen LogP contribution in [-0.2, 0) is 6.42 Å². The lowest BCUT2D eigenvalue weighted by molar-refractivity contribution is 0.150. The molecule has 0 unspecified atom stereocenters. The molecule has 0 aromatic heterocycles. The van der Waals surface area contributed by atoms with Crippen molar-refractivity contribution >= 4 is 5.96 Å². The average molecular weight is 401 g/mol. The fraction of sp³-hybridized carbons (Fsp3) is 0.708. The van der Waals surface area contributed by atoms with E-state index in [0.717, 1.165) is 37.3 Å². The summed E-state index contributed by atoms with van der Waals surface area (Å²) in [6.07, 6.45) is 9.08. The summed E-state index contributed by atoms with van der Waals surface area (Å²) in [5, 5.41) is 7.11. The lowest BCUT2D eigenvalue weighted by Gasteiger charge is -2.36. The van der Waals surface area contributed by atoms with Crippen LogP contribution < -0.4 is 15.4 Å². The van der Waals surface area contributed by atoms with Gasteiger partial charge < -0.3 is 20.3 Å². The maximum atomic E-state index is 5.76. The summed E-state index contributed by atoms with van der Waals surface area (Å²) in [7, 11) is 1.86. The molecule has 1 aliphatic carbocycles. The maximum absolute atomic E-state index is 5.76. The third-order valence-electron chi connectivity index (χ3n) is 6.15. The van der Waals surface area contributed by atoms with Gasteiger partial charge in [-0.25, -0.2) is 0 Å². The number of likely N-dealkylation sites (tertiary alicyclic amines) is 1. The molecule has 1 aromatic rings. The van der Waals surface area contributed by atoms with Gasteiger partial charge in [0.2, 0.25) is 0 Å². The molecule has 0 radical (unpaired) electrons. The smallest absolute Gasteiger partial charge is 0.191 e. The molecular formula is C24H40N4O. The molecule has 0 atom stereocenters. The molecule has 5 nitrogen and oxygen atoms in total. The Kier molecular flexibility index (Phi) is 8.66. The highest BCUT2D eigenvalue weighted by Gasteiger charge is 2.27. The summed E-state index contributed by atoms with van der Waals surface area (Å²) >= 11 is 0. The molecule has 2 fully saturated rings. The Morgan fingerprint density at radius 3 is 2.41 bits per heavy atom. The first-order chi connectivity index (χ1) is 14.1. The normalized spacial score (nSPS) is 19.7. The van der Waals surface area contributed by atoms with Gasteiger partial charge in [0.25, 0.3) is 0 Å². The van der Waals surface area contributed by atoms with Crippen molar-refractivity contribution in [2.24, 2.45) is 10.9 Å². The van der Waals surface area contributed by atoms with Crippen LogP contribution >= 0.6 is 0 Å². The minimum absolute atomic E-state index is 0.538. The molecule has 2 N–H and O–H groups in total. The molecule has 29 heavy (non-hydrogen) atoms. The van der Waals surface area contributed by atoms with E-state index in [1.807, 2.05) is 7.05 Å². The van der Waals surface area contributed by atoms with Crippen molar-refractivity contribution in [1.29, 1.82) is 0 Å². The molecule has 1 saturated heterocycles. The van der Waals surface area contributed by atoms with Gasteiger partial charge in [0, 0.05) is 38.8 Å². The number of nitrogens with one attached hydrogen (secondary N) is 2. The Morgan fingerprint density at radius 2 is 1.79 bits per heavy atom. The van der Waals surface area contributed by atoms with E-state index in [4.69, 9.17) is 4.74 Å². The van der Waals surface area contributed by atoms with Crippen LogP contribution in [0.15, 0.2) is 29.3 Å². The zero-order chi connectivity index (χ0) is 20.5. The number of aliphatic imine (C=N–C) groups is 1. The third kappa shape index (κ3) is 7.22. The summed E-state index contributed by atoms with van der Waals surface area (Å²) in [5.74, 6) is 2.44. The summed E-state index contributed by atoms with van der Waals surface area (Å²) in [6.45, 7) is 8.43. The minimum Gasteiger partial charge on any atom is -0.493 e. The van der Waals surface area contributed by atoms with Gasteiger partial charge in [0.1, 0.15) is 5.75 Å². The first-order valence-electron chi connectivity index (χ1n) is 11.6. The maximum Gasteiger partial charge on any atom is 0.191 e. The fourth-order valence-electron chi connectivity index (χ4n) is 4.41. The number of piperidine rings is 1. The van der Waals surface area contributed by atoms with Crippen molar-refractivity contribution in [3.63, 3.8) is 0 Å². The van der Waals surface area contributed by atoms with E-state index in [1.54, 1.807) is 0 Å². The van der Waals surface area contributed by atoms with Crippen LogP contribution in [0, 0.1) is 5.92 Å². The van der Waals surface area contributed by atoms with Crippen LogP contribution in [0.1, 0.15) is 57.9 Å². The van der Waals surface area contributed by atoms with Gasteiger partial charge in [-0.2, -0.15) is 0 Å². The van der Waals surface area contributed by atoms with E-state index >= 15 is 0 Å². The molecular weight excluding hydrogens is 360 g/mol. The van der Waals surface area contributed by atoms with Gasteiger partial charge in [-0.05, 0) is 55.7 Å². The highest BCUT2D eigenvalue weighted by molar-refractivity contribution is 5.79. The molecule has 1 saturated carbocycles. The number of rotatable bonds is 8. The van der Waals surface area contributed by atoms with Crippen molar-refractivity contribution in [2.75, 3.05) is 33.3 Å². The van der Waals surface area contributed by atoms with Crippen LogP contribution in [0.3, 0.4) is 0 Å². The average Bonchev–Trinajstić information content (AvgIpc) is 3.28. The van der Waals surface area contributed by atoms with Crippen molar-refractivity contribution in [3.8, 4) is 5.75 Å². The van der Waals surface area contributed by atoms with Crippen LogP contribution in [0.25, 0.3) is 0 Å². The van der Waals surface area contributed by atoms with E-state index in [9.17, 15) is 0 Å². The molecule has 0 spiro atoms. The van der Waals surface area contributed by atoms with Crippen LogP contribution in [0.4, 0.5) is 0 Å². The highest BCUT2D eigenvalue weighted by atomic mass is 16.5. The molecule has 1 heterocycles. The predicted octanol–water partition coefficient (Wildman–Crippen LogP) is 3.84. The Balaban J connectivity index is 1.34. The molecule has 3 rings (SSSR count). The van der Waals surface area contributed by atoms with E-state index in [1.165, 1.54) is 57.2 Å². The fourth-order valence-corrected chi connectivity index (χ4v) is 4.41. The first-order valence-corrected chi connectivity index (χ1v) is 11.6. The minimum atomic E-state index is 0.538. The molecule has 0 bridgehead atoms. The summed E-state index contributed by atoms with van der Waals surface area (Å²) in [4.78, 5) is 7.14. The Bertz CT molecular complexity index is 614. The molecule has 1 aliphatic heterocycles. The van der Waals surface area contributed by atoms with Crippen molar-refractivity contribution < 1.29 is 4.74 Å². The summed E-state index contributed by atoms with van der Waals surface area (Å²) in [6, 6.07) is 9.86. The summed E-state index contributed by atoms with van der Waals surface area (Å²) in [5.41, 5.74) is 1.31. The van der Waals surface area contributed by atoms with Gasteiger partial charge in [0.15, 0.2) is 5.96 Å². The SMILES string of the molecule is CN=C(NCCc1ccc(OCC(C)C)cc1)NC1CCN(C2CCCC2)CC1. The zero-order valence-corrected chi connectivity index (χ0v) is 18.6. The largest absolute Gasteiger partial charge is 0.493 e. The Morgan fingerprint density at radius 1 is 1.10 bits per heavy atom. The molecule has 1 aromatic carbocycles. The number of nitrogens with zero attached hydrogens (tertiary/aromatic N) is 2. The first kappa shape index (κ1) is 21.9. The van der Waals surface area contributed by atoms with Gasteiger partial charge in [0.05, 0.1) is 6.61 Å². The topological polar surface area (TPSA) is 48.9 Å². The van der Waals surface area contributed by atoms with E-state index in [2.05, 4.69) is 58.6 Å². The lowest BCUT2D eigenvalue weighted by Crippen LogP contribution is -2.50. The van der Waals surface area contributed by atoms with Gasteiger partial charge in [-0.1, -0.05) is 38.8 Å². The van der Waals surface area contributed by atoms with Crippen LogP contribution in [0.2, 0.25) is 0 Å². The monoisotopic (exact) mass is 400 g/mol. The molecule has 2 aliphatic rings.